The Balaban J connectivity index is 1.88. The van der Waals surface area contributed by atoms with Crippen LogP contribution in [0.15, 0.2) is 42.5 Å². The Bertz CT molecular complexity index is 686. The van der Waals surface area contributed by atoms with E-state index in [9.17, 15) is 9.18 Å². The normalized spacial score (nSPS) is 18.3. The predicted molar refractivity (Wildman–Crippen MR) is 83.9 cm³/mol. The molecule has 1 fully saturated rings. The molecule has 0 aliphatic carbocycles. The number of amides is 1. The molecule has 114 valence electrons. The minimum absolute atomic E-state index is 0.106. The van der Waals surface area contributed by atoms with Crippen LogP contribution in [0.3, 0.4) is 0 Å². The molecule has 2 aromatic rings. The van der Waals surface area contributed by atoms with Crippen molar-refractivity contribution in [1.82, 2.24) is 9.88 Å². The molecule has 1 aromatic heterocycles. The maximum atomic E-state index is 13.9. The van der Waals surface area contributed by atoms with Gasteiger partial charge in [0.1, 0.15) is 5.82 Å². The van der Waals surface area contributed by atoms with Gasteiger partial charge in [0.2, 0.25) is 5.91 Å². The highest BCUT2D eigenvalue weighted by Crippen LogP contribution is 2.28. The number of halogens is 1. The summed E-state index contributed by atoms with van der Waals surface area (Å²) in [5.41, 5.74) is 2.10. The highest BCUT2D eigenvalue weighted by atomic mass is 19.1. The van der Waals surface area contributed by atoms with Crippen molar-refractivity contribution in [3.05, 3.63) is 54.0 Å². The SMILES string of the molecule is CC(=O)N1CCC[C@@H](c2cccc(-c3ccccc3F)n2)C1. The van der Waals surface area contributed by atoms with E-state index in [4.69, 9.17) is 0 Å². The number of hydrogen-bond donors (Lipinski definition) is 0. The van der Waals surface area contributed by atoms with E-state index in [1.165, 1.54) is 6.07 Å². The van der Waals surface area contributed by atoms with Crippen molar-refractivity contribution >= 4 is 5.91 Å². The molecule has 1 amide bonds. The molecule has 0 saturated carbocycles. The summed E-state index contributed by atoms with van der Waals surface area (Å²) in [6.45, 7) is 3.12. The molecule has 1 aliphatic heterocycles. The van der Waals surface area contributed by atoms with Gasteiger partial charge in [0, 0.05) is 37.2 Å². The fourth-order valence-corrected chi connectivity index (χ4v) is 3.00. The summed E-state index contributed by atoms with van der Waals surface area (Å²) in [7, 11) is 0. The molecule has 1 aliphatic rings. The molecule has 1 saturated heterocycles. The lowest BCUT2D eigenvalue weighted by Gasteiger charge is -2.31. The van der Waals surface area contributed by atoms with Crippen molar-refractivity contribution in [3.63, 3.8) is 0 Å². The zero-order valence-corrected chi connectivity index (χ0v) is 12.6. The fourth-order valence-electron chi connectivity index (χ4n) is 3.00. The molecule has 4 heteroatoms. The van der Waals surface area contributed by atoms with Crippen molar-refractivity contribution in [2.45, 2.75) is 25.7 Å². The Morgan fingerprint density at radius 2 is 2.05 bits per heavy atom. The van der Waals surface area contributed by atoms with Crippen molar-refractivity contribution in [2.75, 3.05) is 13.1 Å². The molecule has 0 radical (unpaired) electrons. The third kappa shape index (κ3) is 3.01. The first kappa shape index (κ1) is 14.7. The van der Waals surface area contributed by atoms with E-state index in [1.807, 2.05) is 29.2 Å². The maximum Gasteiger partial charge on any atom is 0.219 e. The molecule has 1 aromatic carbocycles. The summed E-state index contributed by atoms with van der Waals surface area (Å²) in [6, 6.07) is 12.4. The van der Waals surface area contributed by atoms with E-state index in [-0.39, 0.29) is 17.6 Å². The van der Waals surface area contributed by atoms with Crippen molar-refractivity contribution in [3.8, 4) is 11.3 Å². The molecule has 22 heavy (non-hydrogen) atoms. The van der Waals surface area contributed by atoms with Gasteiger partial charge in [0.15, 0.2) is 0 Å². The first-order valence-electron chi connectivity index (χ1n) is 7.62. The predicted octanol–water partition coefficient (Wildman–Crippen LogP) is 3.61. The van der Waals surface area contributed by atoms with Gasteiger partial charge >= 0.3 is 0 Å². The monoisotopic (exact) mass is 298 g/mol. The lowest BCUT2D eigenvalue weighted by Crippen LogP contribution is -2.37. The molecule has 0 bridgehead atoms. The van der Waals surface area contributed by atoms with Gasteiger partial charge in [-0.3, -0.25) is 9.78 Å². The largest absolute Gasteiger partial charge is 0.342 e. The summed E-state index contributed by atoms with van der Waals surface area (Å²) in [5.74, 6) is 0.0699. The average Bonchev–Trinajstić information content (AvgIpc) is 2.55. The summed E-state index contributed by atoms with van der Waals surface area (Å²) in [6.07, 6.45) is 1.99. The maximum absolute atomic E-state index is 13.9. The van der Waals surface area contributed by atoms with Crippen LogP contribution in [0.5, 0.6) is 0 Å². The van der Waals surface area contributed by atoms with Crippen LogP contribution in [-0.4, -0.2) is 28.9 Å². The second-order valence-corrected chi connectivity index (χ2v) is 5.73. The zero-order chi connectivity index (χ0) is 15.5. The van der Waals surface area contributed by atoms with E-state index in [0.29, 0.717) is 17.8 Å². The van der Waals surface area contributed by atoms with Crippen molar-refractivity contribution in [1.29, 1.82) is 0 Å². The van der Waals surface area contributed by atoms with Crippen LogP contribution in [0.4, 0.5) is 4.39 Å². The van der Waals surface area contributed by atoms with Crippen LogP contribution in [0.1, 0.15) is 31.4 Å². The Kier molecular flexibility index (Phi) is 4.18. The van der Waals surface area contributed by atoms with Gasteiger partial charge in [0.05, 0.1) is 5.69 Å². The van der Waals surface area contributed by atoms with Gasteiger partial charge in [-0.2, -0.15) is 0 Å². The number of carbonyl (C=O) groups is 1. The van der Waals surface area contributed by atoms with E-state index < -0.39 is 0 Å². The quantitative estimate of drug-likeness (QED) is 0.848. The lowest BCUT2D eigenvalue weighted by molar-refractivity contribution is -0.130. The van der Waals surface area contributed by atoms with E-state index in [2.05, 4.69) is 4.98 Å². The van der Waals surface area contributed by atoms with Gasteiger partial charge in [0.25, 0.3) is 0 Å². The number of hydrogen-bond acceptors (Lipinski definition) is 2. The van der Waals surface area contributed by atoms with Crippen LogP contribution in [0.2, 0.25) is 0 Å². The summed E-state index contributed by atoms with van der Waals surface area (Å²) >= 11 is 0. The van der Waals surface area contributed by atoms with Crippen molar-refractivity contribution in [2.24, 2.45) is 0 Å². The summed E-state index contributed by atoms with van der Waals surface area (Å²) in [4.78, 5) is 18.1. The molecular formula is C18H19FN2O. The van der Waals surface area contributed by atoms with Gasteiger partial charge < -0.3 is 4.90 Å². The average molecular weight is 298 g/mol. The molecule has 3 nitrogen and oxygen atoms in total. The number of likely N-dealkylation sites (tertiary alicyclic amines) is 1. The standard InChI is InChI=1S/C18H19FN2O/c1-13(22)21-11-5-6-14(12-21)17-9-4-10-18(20-17)15-7-2-3-8-16(15)19/h2-4,7-10,14H,5-6,11-12H2,1H3/t14-/m1/s1. The fraction of sp³-hybridized carbons (Fsp3) is 0.333. The summed E-state index contributed by atoms with van der Waals surface area (Å²) in [5, 5.41) is 0. The molecule has 1 atom stereocenters. The third-order valence-electron chi connectivity index (χ3n) is 4.21. The second-order valence-electron chi connectivity index (χ2n) is 5.73. The Hall–Kier alpha value is -2.23. The van der Waals surface area contributed by atoms with E-state index in [1.54, 1.807) is 19.1 Å². The number of rotatable bonds is 2. The number of pyridine rings is 1. The van der Waals surface area contributed by atoms with Gasteiger partial charge in [-0.1, -0.05) is 18.2 Å². The van der Waals surface area contributed by atoms with Crippen molar-refractivity contribution < 1.29 is 9.18 Å². The molecular weight excluding hydrogens is 279 g/mol. The number of benzene rings is 1. The van der Waals surface area contributed by atoms with Crippen LogP contribution < -0.4 is 0 Å². The topological polar surface area (TPSA) is 33.2 Å². The first-order valence-corrected chi connectivity index (χ1v) is 7.62. The summed E-state index contributed by atoms with van der Waals surface area (Å²) < 4.78 is 13.9. The van der Waals surface area contributed by atoms with Gasteiger partial charge in [-0.05, 0) is 37.1 Å². The number of aromatic nitrogens is 1. The molecule has 3 rings (SSSR count). The Morgan fingerprint density at radius 3 is 2.82 bits per heavy atom. The van der Waals surface area contributed by atoms with Gasteiger partial charge in [-0.15, -0.1) is 0 Å². The zero-order valence-electron chi connectivity index (χ0n) is 12.6. The first-order chi connectivity index (χ1) is 10.6. The highest BCUT2D eigenvalue weighted by molar-refractivity contribution is 5.73. The van der Waals surface area contributed by atoms with Crippen LogP contribution in [0, 0.1) is 5.82 Å². The minimum atomic E-state index is -0.263. The Morgan fingerprint density at radius 1 is 1.23 bits per heavy atom. The van der Waals surface area contributed by atoms with Crippen LogP contribution in [0.25, 0.3) is 11.3 Å². The third-order valence-corrected chi connectivity index (χ3v) is 4.21. The Labute approximate surface area is 129 Å². The second kappa shape index (κ2) is 6.26. The lowest BCUT2D eigenvalue weighted by atomic mass is 9.94. The number of nitrogens with zero attached hydrogens (tertiary/aromatic N) is 2. The smallest absolute Gasteiger partial charge is 0.219 e. The number of piperidine rings is 1. The van der Waals surface area contributed by atoms with E-state index in [0.717, 1.165) is 25.1 Å². The minimum Gasteiger partial charge on any atom is -0.342 e. The number of carbonyl (C=O) groups excluding carboxylic acids is 1. The van der Waals surface area contributed by atoms with Gasteiger partial charge in [-0.25, -0.2) is 4.39 Å². The highest BCUT2D eigenvalue weighted by Gasteiger charge is 2.24. The molecule has 2 heterocycles. The van der Waals surface area contributed by atoms with Crippen LogP contribution in [-0.2, 0) is 4.79 Å². The molecule has 0 spiro atoms. The molecule has 0 N–H and O–H groups in total. The van der Waals surface area contributed by atoms with Crippen LogP contribution >= 0.6 is 0 Å². The molecule has 0 unspecified atom stereocenters. The van der Waals surface area contributed by atoms with E-state index >= 15 is 0 Å².